The summed E-state index contributed by atoms with van der Waals surface area (Å²) in [6, 6.07) is 2.48. The number of furan rings is 2. The molecule has 2 saturated carbocycles. The molecule has 44 heavy (non-hydrogen) atoms. The van der Waals surface area contributed by atoms with Crippen molar-refractivity contribution in [2.45, 2.75) is 89.4 Å². The Morgan fingerprint density at radius 1 is 0.977 bits per heavy atom. The van der Waals surface area contributed by atoms with Gasteiger partial charge in [0.1, 0.15) is 22.7 Å². The lowest BCUT2D eigenvalue weighted by atomic mass is 9.66. The van der Waals surface area contributed by atoms with E-state index < -0.39 is 28.0 Å². The minimum atomic E-state index is -4.55. The highest BCUT2D eigenvalue weighted by Crippen LogP contribution is 2.52. The lowest BCUT2D eigenvalue weighted by molar-refractivity contribution is -0.136. The van der Waals surface area contributed by atoms with Gasteiger partial charge < -0.3 is 18.6 Å². The lowest BCUT2D eigenvalue weighted by Crippen LogP contribution is -2.36. The van der Waals surface area contributed by atoms with Crippen LogP contribution < -0.4 is 14.2 Å². The van der Waals surface area contributed by atoms with E-state index in [0.717, 1.165) is 32.1 Å². The second-order valence-electron chi connectivity index (χ2n) is 12.7. The van der Waals surface area contributed by atoms with E-state index in [4.69, 9.17) is 18.6 Å². The third-order valence-corrected chi connectivity index (χ3v) is 9.94. The summed E-state index contributed by atoms with van der Waals surface area (Å²) in [7, 11) is -4.55. The van der Waals surface area contributed by atoms with E-state index in [1.165, 1.54) is 12.1 Å². The van der Waals surface area contributed by atoms with Crippen LogP contribution in [-0.2, 0) is 19.7 Å². The Morgan fingerprint density at radius 2 is 1.66 bits per heavy atom. The fourth-order valence-electron chi connectivity index (χ4n) is 6.92. The largest absolute Gasteiger partial charge is 0.447 e. The average Bonchev–Trinajstić information content (AvgIpc) is 3.57. The summed E-state index contributed by atoms with van der Waals surface area (Å²) in [5.41, 5.74) is 0.0678. The SMILES string of the molecule is CC(C)c1cc(S(=O)(=O)O)cc(C(C)C)c1OC(=O)c1c2c3oc1c(OC(=O)CCC1CC4CCCC(C4)C1=O)c3OC2=O. The van der Waals surface area contributed by atoms with E-state index in [-0.39, 0.29) is 80.3 Å². The Hall–Kier alpha value is -3.77. The van der Waals surface area contributed by atoms with Gasteiger partial charge >= 0.3 is 17.9 Å². The summed E-state index contributed by atoms with van der Waals surface area (Å²) in [5.74, 6) is -2.72. The van der Waals surface area contributed by atoms with E-state index in [2.05, 4.69) is 0 Å². The Kier molecular flexibility index (Phi) is 7.56. The topological polar surface area (TPSA) is 163 Å². The van der Waals surface area contributed by atoms with Gasteiger partial charge in [-0.15, -0.1) is 0 Å². The minimum Gasteiger partial charge on any atom is -0.447 e. The van der Waals surface area contributed by atoms with Gasteiger partial charge in [-0.25, -0.2) is 9.59 Å². The highest BCUT2D eigenvalue weighted by atomic mass is 32.2. The number of carbonyl (C=O) groups is 4. The molecule has 0 radical (unpaired) electrons. The lowest BCUT2D eigenvalue weighted by Gasteiger charge is -2.37. The Bertz CT molecular complexity index is 1770. The van der Waals surface area contributed by atoms with Gasteiger partial charge in [0.25, 0.3) is 10.1 Å². The van der Waals surface area contributed by atoms with Crippen molar-refractivity contribution in [3.63, 3.8) is 0 Å². The predicted molar refractivity (Wildman–Crippen MR) is 155 cm³/mol. The highest BCUT2D eigenvalue weighted by Gasteiger charge is 2.45. The van der Waals surface area contributed by atoms with Crippen LogP contribution in [0.15, 0.2) is 21.4 Å². The highest BCUT2D eigenvalue weighted by molar-refractivity contribution is 7.85. The molecule has 0 amide bonds. The van der Waals surface area contributed by atoms with Gasteiger partial charge in [0, 0.05) is 18.3 Å². The molecule has 3 aliphatic rings. The number of benzene rings is 2. The summed E-state index contributed by atoms with van der Waals surface area (Å²) in [5, 5.41) is 0. The molecule has 1 N–H and O–H groups in total. The van der Waals surface area contributed by atoms with Crippen LogP contribution in [0.5, 0.6) is 17.2 Å². The molecule has 11 nitrogen and oxygen atoms in total. The van der Waals surface area contributed by atoms with Crippen LogP contribution in [0.1, 0.15) is 116 Å². The monoisotopic (exact) mass is 626 g/mol. The summed E-state index contributed by atoms with van der Waals surface area (Å²) < 4.78 is 56.0. The van der Waals surface area contributed by atoms with Crippen molar-refractivity contribution in [2.75, 3.05) is 0 Å². The molecule has 6 rings (SSSR count). The number of esters is 3. The van der Waals surface area contributed by atoms with Crippen molar-refractivity contribution in [2.24, 2.45) is 17.8 Å². The first-order valence-corrected chi connectivity index (χ1v) is 16.4. The average molecular weight is 627 g/mol. The van der Waals surface area contributed by atoms with E-state index in [1.807, 2.05) is 0 Å². The summed E-state index contributed by atoms with van der Waals surface area (Å²) in [4.78, 5) is 51.9. The van der Waals surface area contributed by atoms with Crippen LogP contribution in [0.4, 0.5) is 0 Å². The molecule has 3 heterocycles. The Morgan fingerprint density at radius 3 is 2.30 bits per heavy atom. The van der Waals surface area contributed by atoms with Crippen molar-refractivity contribution in [3.05, 3.63) is 34.4 Å². The first-order chi connectivity index (χ1) is 20.7. The van der Waals surface area contributed by atoms with E-state index in [9.17, 15) is 32.1 Å². The van der Waals surface area contributed by atoms with E-state index in [0.29, 0.717) is 23.5 Å². The summed E-state index contributed by atoms with van der Waals surface area (Å²) >= 11 is 0. The third-order valence-electron chi connectivity index (χ3n) is 9.10. The maximum absolute atomic E-state index is 13.7. The third kappa shape index (κ3) is 5.17. The van der Waals surface area contributed by atoms with Crippen molar-refractivity contribution >= 4 is 45.0 Å². The van der Waals surface area contributed by atoms with Gasteiger partial charge in [-0.05, 0) is 66.7 Å². The summed E-state index contributed by atoms with van der Waals surface area (Å²) in [6.07, 6.45) is 5.11. The molecule has 1 aliphatic heterocycles. The quantitative estimate of drug-likeness (QED) is 0.163. The number of Topliss-reactive ketones (excluding diaryl/α,β-unsaturated/α-hetero) is 1. The fourth-order valence-corrected chi connectivity index (χ4v) is 7.47. The van der Waals surface area contributed by atoms with Gasteiger partial charge in [0.05, 0.1) is 4.90 Å². The van der Waals surface area contributed by atoms with Gasteiger partial charge in [0.15, 0.2) is 11.2 Å². The molecule has 0 spiro atoms. The number of rotatable bonds is 9. The van der Waals surface area contributed by atoms with Crippen molar-refractivity contribution < 1.29 is 50.8 Å². The molecule has 1 aromatic carbocycles. The molecule has 3 atom stereocenters. The molecule has 234 valence electrons. The number of hydrogen-bond acceptors (Lipinski definition) is 10. The molecule has 12 heteroatoms. The van der Waals surface area contributed by atoms with Crippen LogP contribution in [0, 0.1) is 17.8 Å². The molecular formula is C32H34O11S. The number of fused-ring (bicyclic) bond motifs is 3. The maximum atomic E-state index is 13.7. The van der Waals surface area contributed by atoms with Gasteiger partial charge in [0.2, 0.25) is 11.5 Å². The Labute approximate surface area is 254 Å². The van der Waals surface area contributed by atoms with Crippen LogP contribution in [0.25, 0.3) is 11.2 Å². The minimum absolute atomic E-state index is 0.0326. The second kappa shape index (κ2) is 11.0. The van der Waals surface area contributed by atoms with Crippen LogP contribution in [-0.4, -0.2) is 36.7 Å². The van der Waals surface area contributed by atoms with Crippen molar-refractivity contribution in [3.8, 4) is 17.2 Å². The van der Waals surface area contributed by atoms with Crippen LogP contribution in [0.3, 0.4) is 0 Å². The first-order valence-electron chi connectivity index (χ1n) is 15.0. The maximum Gasteiger partial charge on any atom is 0.348 e. The number of ether oxygens (including phenoxy) is 3. The van der Waals surface area contributed by atoms with Gasteiger partial charge in [-0.1, -0.05) is 40.5 Å². The number of hydrogen-bond donors (Lipinski definition) is 1. The van der Waals surface area contributed by atoms with Crippen LogP contribution in [0.2, 0.25) is 0 Å². The van der Waals surface area contributed by atoms with Gasteiger partial charge in [-0.3, -0.25) is 14.1 Å². The normalized spacial score (nSPS) is 21.4. The first kappa shape index (κ1) is 30.3. The Balaban J connectivity index is 1.27. The number of ketones is 1. The van der Waals surface area contributed by atoms with Crippen molar-refractivity contribution in [1.82, 2.24) is 0 Å². The molecule has 2 fully saturated rings. The molecule has 0 saturated heterocycles. The van der Waals surface area contributed by atoms with E-state index in [1.54, 1.807) is 27.7 Å². The fraction of sp³-hybridized carbons (Fsp3) is 0.500. The second-order valence-corrected chi connectivity index (χ2v) is 14.2. The molecular weight excluding hydrogens is 592 g/mol. The summed E-state index contributed by atoms with van der Waals surface area (Å²) in [6.45, 7) is 7.08. The molecule has 4 bridgehead atoms. The molecule has 3 aromatic rings. The zero-order valence-corrected chi connectivity index (χ0v) is 25.7. The zero-order chi connectivity index (χ0) is 31.7. The molecule has 3 unspecified atom stereocenters. The van der Waals surface area contributed by atoms with E-state index >= 15 is 0 Å². The van der Waals surface area contributed by atoms with Gasteiger partial charge in [-0.2, -0.15) is 8.42 Å². The predicted octanol–water partition coefficient (Wildman–Crippen LogP) is 6.20. The molecule has 2 aromatic heterocycles. The number of carbonyl (C=O) groups excluding carboxylic acids is 4. The smallest absolute Gasteiger partial charge is 0.348 e. The van der Waals surface area contributed by atoms with Crippen LogP contribution >= 0.6 is 0 Å². The zero-order valence-electron chi connectivity index (χ0n) is 24.9. The molecule has 2 aliphatic carbocycles. The standard InChI is InChI=1S/C32H34O11S/c1-14(2)20-12-19(44(37,38)39)13-21(15(3)4)26(20)42-31(35)23-24-28-30(43-32(24)36)29(27(23)41-28)40-22(33)9-8-18-11-16-6-5-7-17(10-16)25(18)34/h12-18H,5-11H2,1-4H3,(H,37,38,39). The van der Waals surface area contributed by atoms with Crippen molar-refractivity contribution in [1.29, 1.82) is 0 Å².